The minimum atomic E-state index is 0.729. The van der Waals surface area contributed by atoms with Crippen molar-refractivity contribution in [1.29, 1.82) is 0 Å². The standard InChI is InChI=1S/C13H9Cl2NS.C2H6/c14-11-3-1-10(2-4-11)9-16-17-13-7-5-12(15)6-8-13;1-2/h1-9H;1-2H3/b16-9+;. The van der Waals surface area contributed by atoms with Crippen LogP contribution in [0.15, 0.2) is 57.8 Å². The highest BCUT2D eigenvalue weighted by Crippen LogP contribution is 2.21. The van der Waals surface area contributed by atoms with E-state index in [-0.39, 0.29) is 0 Å². The lowest BCUT2D eigenvalue weighted by molar-refractivity contribution is 1.46. The van der Waals surface area contributed by atoms with E-state index in [1.807, 2.05) is 62.4 Å². The van der Waals surface area contributed by atoms with Gasteiger partial charge in [-0.15, -0.1) is 0 Å². The fourth-order valence-electron chi connectivity index (χ4n) is 1.19. The summed E-state index contributed by atoms with van der Waals surface area (Å²) < 4.78 is 4.28. The summed E-state index contributed by atoms with van der Waals surface area (Å²) in [6.07, 6.45) is 1.80. The summed E-state index contributed by atoms with van der Waals surface area (Å²) >= 11 is 13.0. The van der Waals surface area contributed by atoms with Gasteiger partial charge in [0.05, 0.1) is 0 Å². The molecule has 0 atom stereocenters. The van der Waals surface area contributed by atoms with Crippen molar-refractivity contribution in [2.75, 3.05) is 0 Å². The van der Waals surface area contributed by atoms with Gasteiger partial charge in [0.25, 0.3) is 0 Å². The normalized spacial score (nSPS) is 10.1. The smallest absolute Gasteiger partial charge is 0.0428 e. The molecule has 2 aromatic carbocycles. The number of rotatable bonds is 3. The maximum Gasteiger partial charge on any atom is 0.0428 e. The minimum absolute atomic E-state index is 0.729. The molecular weight excluding hydrogens is 297 g/mol. The summed E-state index contributed by atoms with van der Waals surface area (Å²) in [5.41, 5.74) is 1.02. The highest BCUT2D eigenvalue weighted by atomic mass is 35.5. The van der Waals surface area contributed by atoms with Gasteiger partial charge in [-0.2, -0.15) is 0 Å². The van der Waals surface area contributed by atoms with Crippen LogP contribution in [0.1, 0.15) is 19.4 Å². The topological polar surface area (TPSA) is 12.4 Å². The molecule has 0 saturated carbocycles. The summed E-state index contributed by atoms with van der Waals surface area (Å²) in [5.74, 6) is 0. The Labute approximate surface area is 128 Å². The molecule has 100 valence electrons. The molecule has 0 radical (unpaired) electrons. The lowest BCUT2D eigenvalue weighted by Gasteiger charge is -1.95. The predicted octanol–water partition coefficient (Wildman–Crippen LogP) is 6.15. The van der Waals surface area contributed by atoms with Gasteiger partial charge in [-0.05, 0) is 42.0 Å². The van der Waals surface area contributed by atoms with Gasteiger partial charge in [0, 0.05) is 33.1 Å². The Hall–Kier alpha value is -0.960. The van der Waals surface area contributed by atoms with Gasteiger partial charge in [0.1, 0.15) is 0 Å². The molecular formula is C15H15Cl2NS. The molecule has 0 aromatic heterocycles. The number of benzene rings is 2. The van der Waals surface area contributed by atoms with Crippen molar-refractivity contribution in [3.05, 3.63) is 64.1 Å². The van der Waals surface area contributed by atoms with Crippen LogP contribution in [0.3, 0.4) is 0 Å². The van der Waals surface area contributed by atoms with Crippen molar-refractivity contribution in [3.63, 3.8) is 0 Å². The first-order valence-corrected chi connectivity index (χ1v) is 7.48. The van der Waals surface area contributed by atoms with E-state index in [4.69, 9.17) is 23.2 Å². The zero-order valence-electron chi connectivity index (χ0n) is 10.8. The van der Waals surface area contributed by atoms with Crippen molar-refractivity contribution < 1.29 is 0 Å². The molecule has 1 nitrogen and oxygen atoms in total. The lowest BCUT2D eigenvalue weighted by atomic mass is 10.2. The SMILES string of the molecule is CC.Clc1ccc(/C=N/Sc2ccc(Cl)cc2)cc1. The molecule has 0 N–H and O–H groups in total. The number of hydrogen-bond acceptors (Lipinski definition) is 2. The molecule has 2 aromatic rings. The van der Waals surface area contributed by atoms with E-state index >= 15 is 0 Å². The summed E-state index contributed by atoms with van der Waals surface area (Å²) in [5, 5.41) is 1.46. The fraction of sp³-hybridized carbons (Fsp3) is 0.133. The van der Waals surface area contributed by atoms with Crippen LogP contribution < -0.4 is 0 Å². The summed E-state index contributed by atoms with van der Waals surface area (Å²) in [6.45, 7) is 4.00. The van der Waals surface area contributed by atoms with Crippen LogP contribution in [-0.4, -0.2) is 6.21 Å². The summed E-state index contributed by atoms with van der Waals surface area (Å²) in [6, 6.07) is 15.1. The Morgan fingerprint density at radius 3 is 1.84 bits per heavy atom. The average Bonchev–Trinajstić information content (AvgIpc) is 2.45. The van der Waals surface area contributed by atoms with Crippen LogP contribution in [0.5, 0.6) is 0 Å². The van der Waals surface area contributed by atoms with E-state index in [0.717, 1.165) is 20.5 Å². The van der Waals surface area contributed by atoms with Crippen LogP contribution in [0.2, 0.25) is 10.0 Å². The lowest BCUT2D eigenvalue weighted by Crippen LogP contribution is -1.78. The largest absolute Gasteiger partial charge is 0.219 e. The molecule has 0 saturated heterocycles. The Bertz CT molecular complexity index is 507. The monoisotopic (exact) mass is 311 g/mol. The first-order valence-electron chi connectivity index (χ1n) is 5.95. The number of hydrogen-bond donors (Lipinski definition) is 0. The van der Waals surface area contributed by atoms with E-state index in [9.17, 15) is 0 Å². The van der Waals surface area contributed by atoms with Gasteiger partial charge in [0.15, 0.2) is 0 Å². The molecule has 0 bridgehead atoms. The highest BCUT2D eigenvalue weighted by molar-refractivity contribution is 7.98. The van der Waals surface area contributed by atoms with Gasteiger partial charge >= 0.3 is 0 Å². The fourth-order valence-corrected chi connectivity index (χ4v) is 2.00. The van der Waals surface area contributed by atoms with Gasteiger partial charge in [-0.3, -0.25) is 0 Å². The zero-order chi connectivity index (χ0) is 14.1. The third-order valence-electron chi connectivity index (χ3n) is 2.04. The van der Waals surface area contributed by atoms with E-state index < -0.39 is 0 Å². The van der Waals surface area contributed by atoms with E-state index in [0.29, 0.717) is 0 Å². The van der Waals surface area contributed by atoms with Crippen LogP contribution >= 0.6 is 35.1 Å². The second-order valence-electron chi connectivity index (χ2n) is 3.33. The maximum atomic E-state index is 5.80. The van der Waals surface area contributed by atoms with Crippen molar-refractivity contribution >= 4 is 41.4 Å². The molecule has 0 unspecified atom stereocenters. The first kappa shape index (κ1) is 16.1. The van der Waals surface area contributed by atoms with Gasteiger partial charge in [-0.1, -0.05) is 49.2 Å². The predicted molar refractivity (Wildman–Crippen MR) is 87.7 cm³/mol. The minimum Gasteiger partial charge on any atom is -0.219 e. The molecule has 4 heteroatoms. The van der Waals surface area contributed by atoms with Gasteiger partial charge in [0.2, 0.25) is 0 Å². The molecule has 0 fully saturated rings. The third-order valence-corrected chi connectivity index (χ3v) is 3.24. The Morgan fingerprint density at radius 2 is 1.32 bits per heavy atom. The Morgan fingerprint density at radius 1 is 0.842 bits per heavy atom. The van der Waals surface area contributed by atoms with Crippen LogP contribution in [0, 0.1) is 0 Å². The van der Waals surface area contributed by atoms with E-state index in [1.165, 1.54) is 11.9 Å². The highest BCUT2D eigenvalue weighted by Gasteiger charge is 1.92. The summed E-state index contributed by atoms with van der Waals surface area (Å²) in [4.78, 5) is 1.06. The number of halogens is 2. The van der Waals surface area contributed by atoms with Crippen LogP contribution in [0.4, 0.5) is 0 Å². The zero-order valence-corrected chi connectivity index (χ0v) is 13.1. The van der Waals surface area contributed by atoms with Crippen molar-refractivity contribution in [3.8, 4) is 0 Å². The van der Waals surface area contributed by atoms with Crippen LogP contribution in [-0.2, 0) is 0 Å². The van der Waals surface area contributed by atoms with Gasteiger partial charge in [-0.25, -0.2) is 4.40 Å². The molecule has 0 aliphatic heterocycles. The van der Waals surface area contributed by atoms with E-state index in [1.54, 1.807) is 6.21 Å². The molecule has 2 rings (SSSR count). The Balaban J connectivity index is 0.000000861. The average molecular weight is 312 g/mol. The van der Waals surface area contributed by atoms with Crippen molar-refractivity contribution in [2.24, 2.45) is 4.40 Å². The second-order valence-corrected chi connectivity index (χ2v) is 5.07. The van der Waals surface area contributed by atoms with Crippen LogP contribution in [0.25, 0.3) is 0 Å². The third kappa shape index (κ3) is 6.15. The molecule has 0 aliphatic carbocycles. The molecule has 0 aliphatic rings. The van der Waals surface area contributed by atoms with Crippen molar-refractivity contribution in [1.82, 2.24) is 0 Å². The summed E-state index contributed by atoms with van der Waals surface area (Å²) in [7, 11) is 0. The molecule has 19 heavy (non-hydrogen) atoms. The van der Waals surface area contributed by atoms with Crippen molar-refractivity contribution in [2.45, 2.75) is 18.7 Å². The quantitative estimate of drug-likeness (QED) is 0.489. The molecule has 0 spiro atoms. The molecule has 0 amide bonds. The number of nitrogens with zero attached hydrogens (tertiary/aromatic N) is 1. The second kappa shape index (κ2) is 9.03. The first-order chi connectivity index (χ1) is 9.24. The van der Waals surface area contributed by atoms with E-state index in [2.05, 4.69) is 4.40 Å². The molecule has 0 heterocycles. The Kier molecular flexibility index (Phi) is 7.65. The van der Waals surface area contributed by atoms with Gasteiger partial charge < -0.3 is 0 Å². The maximum absolute atomic E-state index is 5.80.